The minimum atomic E-state index is -2.55. The van der Waals surface area contributed by atoms with Crippen molar-refractivity contribution < 1.29 is 222 Å². The van der Waals surface area contributed by atoms with Gasteiger partial charge in [-0.05, 0) is 6.92 Å². The molecule has 0 aliphatic carbocycles. The Hall–Kier alpha value is -3.76. The molecule has 9 rings (SSSR count). The number of aliphatic hydroxyl groups excluding tert-OH is 24. The molecule has 0 aromatic rings. The van der Waals surface area contributed by atoms with Crippen LogP contribution in [0.3, 0.4) is 0 Å². The molecule has 9 fully saturated rings. The summed E-state index contributed by atoms with van der Waals surface area (Å²) in [7, 11) is 0. The SMILES string of the molecule is CC(=O)N[C@H]1[C@H](O[C@H]2[C@H](O)[C@@H](NC(C)=O)C(O)O[C@@H]2CO[C@@H]2O[C@@H](C)[C@@H](O)[C@@H](O)[C@@H]2O)O[C@H](CO)[C@@H](O[C@@H]2O[C@H](CO[C@H]3O[C@H](CO)[C@@H](O)[C@H](O)[C@H]3O[C@@H]3O[C@H](CO)[C@@H](O[C@@H]4O[C@H](CO)[C@H](O)[C@H](O)[C@H]4O)[C@H](O)[C@H]3NC(C)=O)[C@@H](O)[C@H](O[C@H]3O[C@H](CO)[C@@H](O)[C@H](O)[C@H]3O[C@@H]3O[C@H](CO)[C@@H](O)[C@H](O)[C@H]3NC(C)=O)[C@@H]2O)[C@@H]1O. The van der Waals surface area contributed by atoms with Gasteiger partial charge in [0.25, 0.3) is 0 Å². The first-order valence-electron chi connectivity index (χ1n) is 35.5. The summed E-state index contributed by atoms with van der Waals surface area (Å²) in [6.45, 7) is -3.36. The highest BCUT2D eigenvalue weighted by atomic mass is 16.8. The highest BCUT2D eigenvalue weighted by Crippen LogP contribution is 2.40. The number of carbonyl (C=O) groups excluding carboxylic acids is 4. The molecule has 0 bridgehead atoms. The molecule has 0 aromatic carbocycles. The number of hydrogen-bond acceptors (Lipinski definition) is 45. The maximum atomic E-state index is 13.2. The van der Waals surface area contributed by atoms with Gasteiger partial charge in [0.05, 0.1) is 59.0 Å². The molecule has 9 saturated heterocycles. The molecule has 9 heterocycles. The lowest BCUT2D eigenvalue weighted by Crippen LogP contribution is -2.71. The second-order valence-electron chi connectivity index (χ2n) is 28.2. The van der Waals surface area contributed by atoms with Gasteiger partial charge in [0.15, 0.2) is 56.6 Å². The van der Waals surface area contributed by atoms with Gasteiger partial charge in [-0.15, -0.1) is 0 Å². The lowest BCUT2D eigenvalue weighted by atomic mass is 9.93. The van der Waals surface area contributed by atoms with E-state index in [-0.39, 0.29) is 0 Å². The number of amides is 4. The third-order valence-electron chi connectivity index (χ3n) is 20.3. The van der Waals surface area contributed by atoms with E-state index >= 15 is 0 Å². The molecule has 49 nitrogen and oxygen atoms in total. The lowest BCUT2D eigenvalue weighted by Gasteiger charge is -2.51. The topological polar surface area (TPSA) is 759 Å². The fraction of sp³-hybridized carbons (Fsp3) is 0.935. The van der Waals surface area contributed by atoms with Gasteiger partial charge in [-0.25, -0.2) is 0 Å². The average Bonchev–Trinajstić information content (AvgIpc) is 0.782. The summed E-state index contributed by atoms with van der Waals surface area (Å²) in [5.41, 5.74) is 0. The molecule has 0 saturated carbocycles. The maximum Gasteiger partial charge on any atom is 0.217 e. The Bertz CT molecular complexity index is 2950. The van der Waals surface area contributed by atoms with Crippen molar-refractivity contribution in [3.8, 4) is 0 Å². The van der Waals surface area contributed by atoms with Gasteiger partial charge in [0.1, 0.15) is 213 Å². The van der Waals surface area contributed by atoms with E-state index in [1.165, 1.54) is 6.92 Å². The van der Waals surface area contributed by atoms with Crippen LogP contribution in [0.25, 0.3) is 0 Å². The smallest absolute Gasteiger partial charge is 0.217 e. The molecule has 0 spiro atoms. The first-order valence-corrected chi connectivity index (χ1v) is 35.5. The second-order valence-corrected chi connectivity index (χ2v) is 28.2. The number of aliphatic hydroxyl groups is 24. The maximum absolute atomic E-state index is 13.2. The summed E-state index contributed by atoms with van der Waals surface area (Å²) in [6.07, 6.45) is -83.2. The zero-order valence-corrected chi connectivity index (χ0v) is 59.9. The minimum absolute atomic E-state index is 0.827. The molecular weight excluding hydrogens is 1520 g/mol. The molecule has 642 valence electrons. The van der Waals surface area contributed by atoms with Crippen molar-refractivity contribution in [3.63, 3.8) is 0 Å². The van der Waals surface area contributed by atoms with Crippen molar-refractivity contribution in [3.05, 3.63) is 0 Å². The molecule has 28 N–H and O–H groups in total. The average molecular weight is 1630 g/mol. The van der Waals surface area contributed by atoms with Gasteiger partial charge in [0, 0.05) is 27.7 Å². The summed E-state index contributed by atoms with van der Waals surface area (Å²) in [4.78, 5) is 50.9. The molecular formula is C62H104N4O45. The normalized spacial score (nSPS) is 49.3. The molecule has 1 unspecified atom stereocenters. The summed E-state index contributed by atoms with van der Waals surface area (Å²) < 4.78 is 101. The first-order chi connectivity index (χ1) is 52.4. The second kappa shape index (κ2) is 39.7. The zero-order valence-electron chi connectivity index (χ0n) is 59.9. The van der Waals surface area contributed by atoms with Crippen LogP contribution in [-0.2, 0) is 99.7 Å². The number of carbonyl (C=O) groups is 4. The third kappa shape index (κ3) is 20.3. The summed E-state index contributed by atoms with van der Waals surface area (Å²) in [6, 6.07) is -7.39. The predicted octanol–water partition coefficient (Wildman–Crippen LogP) is -19.0. The van der Waals surface area contributed by atoms with Crippen molar-refractivity contribution in [2.24, 2.45) is 0 Å². The Labute approximate surface area is 629 Å². The van der Waals surface area contributed by atoms with Crippen molar-refractivity contribution in [1.82, 2.24) is 21.3 Å². The Morgan fingerprint density at radius 1 is 0.252 bits per heavy atom. The Kier molecular flexibility index (Phi) is 32.6. The van der Waals surface area contributed by atoms with Crippen LogP contribution in [0.4, 0.5) is 0 Å². The predicted molar refractivity (Wildman–Crippen MR) is 342 cm³/mol. The van der Waals surface area contributed by atoms with E-state index < -0.39 is 353 Å². The van der Waals surface area contributed by atoms with Crippen LogP contribution in [0.1, 0.15) is 34.6 Å². The first kappa shape index (κ1) is 91.1. The van der Waals surface area contributed by atoms with Gasteiger partial charge >= 0.3 is 0 Å². The van der Waals surface area contributed by atoms with E-state index in [9.17, 15) is 142 Å². The molecule has 9 aliphatic heterocycles. The van der Waals surface area contributed by atoms with Gasteiger partial charge in [-0.2, -0.15) is 0 Å². The van der Waals surface area contributed by atoms with Crippen LogP contribution in [0.5, 0.6) is 0 Å². The highest BCUT2D eigenvalue weighted by Gasteiger charge is 2.61. The molecule has 45 atom stereocenters. The van der Waals surface area contributed by atoms with E-state index in [2.05, 4.69) is 21.3 Å². The summed E-state index contributed by atoms with van der Waals surface area (Å²) in [5.74, 6) is -3.59. The van der Waals surface area contributed by atoms with Gasteiger partial charge in [-0.3, -0.25) is 19.2 Å². The van der Waals surface area contributed by atoms with Crippen molar-refractivity contribution >= 4 is 23.6 Å². The van der Waals surface area contributed by atoms with Crippen molar-refractivity contribution in [2.45, 2.75) is 311 Å². The molecule has 4 amide bonds. The van der Waals surface area contributed by atoms with Crippen LogP contribution in [0.2, 0.25) is 0 Å². The van der Waals surface area contributed by atoms with Gasteiger partial charge in [0.2, 0.25) is 23.6 Å². The Balaban J connectivity index is 1.05. The number of nitrogens with one attached hydrogen (secondary N) is 4. The molecule has 9 aliphatic rings. The fourth-order valence-corrected chi connectivity index (χ4v) is 14.3. The minimum Gasteiger partial charge on any atom is -0.394 e. The fourth-order valence-electron chi connectivity index (χ4n) is 14.3. The Morgan fingerprint density at radius 3 is 1.03 bits per heavy atom. The quantitative estimate of drug-likeness (QED) is 0.0346. The highest BCUT2D eigenvalue weighted by molar-refractivity contribution is 5.74. The van der Waals surface area contributed by atoms with Gasteiger partial charge in [-0.1, -0.05) is 0 Å². The summed E-state index contributed by atoms with van der Waals surface area (Å²) in [5, 5.41) is 276. The monoisotopic (exact) mass is 1620 g/mol. The number of ether oxygens (including phenoxy) is 17. The van der Waals surface area contributed by atoms with Crippen LogP contribution in [-0.4, -0.2) is 475 Å². The zero-order chi connectivity index (χ0) is 81.8. The molecule has 0 radical (unpaired) electrons. The van der Waals surface area contributed by atoms with Gasteiger partial charge < -0.3 is 224 Å². The molecule has 49 heteroatoms. The summed E-state index contributed by atoms with van der Waals surface area (Å²) >= 11 is 0. The number of hydrogen-bond donors (Lipinski definition) is 28. The van der Waals surface area contributed by atoms with Crippen LogP contribution < -0.4 is 21.3 Å². The van der Waals surface area contributed by atoms with Crippen molar-refractivity contribution in [1.29, 1.82) is 0 Å². The van der Waals surface area contributed by atoms with E-state index in [1.54, 1.807) is 0 Å². The Morgan fingerprint density at radius 2 is 0.559 bits per heavy atom. The third-order valence-corrected chi connectivity index (χ3v) is 20.3. The van der Waals surface area contributed by atoms with Crippen LogP contribution in [0.15, 0.2) is 0 Å². The standard InChI is InChI=1S/C62H104N4O45/c1-14-31(77)41(87)45(91)58(97-14)95-13-26-50(38(84)27(54(94)98-26)63-15(2)73)106-56-29(65-17(4)75)39(85)49(24(11-72)103-56)108-60-47(93)51(109-62-53(44(90)35(81)22(9-70)102-62)111-55-28(64-16(3)74)37(83)32(78)19(6-67)99-55)36(82)25(105-60)12-96-61-52(43(89)34(80)21(8-69)101-61)110-57-30(66-18(5)76)40(86)48(23(10-71)104-57)107-59-46(92)42(88)33(79)20(7-68)100-59/h14,19-62,67-72,77-94H,6-13H2,1-5H3,(H,63,73)(H,64,74)(H,65,75)(H,66,76)/t14-,19+,20+,21+,22+,23+,24+,25+,26+,27+,28+,29+,30+,31+,32+,33-,34+,35+,36+,37+,38+,39+,40+,41+,42-,43-,44-,45-,46+,47-,48+,49+,50+,51-,52+,53+,54?,55-,56-,57-,58+,59-,60-,61-,62+/m0/s1. The largest absolute Gasteiger partial charge is 0.394 e. The van der Waals surface area contributed by atoms with Crippen LogP contribution >= 0.6 is 0 Å². The van der Waals surface area contributed by atoms with Crippen molar-refractivity contribution in [2.75, 3.05) is 52.9 Å². The number of rotatable bonds is 28. The van der Waals surface area contributed by atoms with Crippen LogP contribution in [0, 0.1) is 0 Å². The van der Waals surface area contributed by atoms with E-state index in [1.807, 2.05) is 0 Å². The lowest BCUT2D eigenvalue weighted by molar-refractivity contribution is -0.396. The van der Waals surface area contributed by atoms with E-state index in [0.717, 1.165) is 27.7 Å². The van der Waals surface area contributed by atoms with E-state index in [0.29, 0.717) is 0 Å². The van der Waals surface area contributed by atoms with E-state index in [4.69, 9.17) is 80.5 Å². The molecule has 111 heavy (non-hydrogen) atoms. The molecule has 0 aromatic heterocycles.